The molecule has 1 N–H and O–H groups in total. The predicted octanol–water partition coefficient (Wildman–Crippen LogP) is 0.468. The minimum atomic E-state index is -0.0478. The normalized spacial score (nSPS) is 16.6. The number of anilines is 1. The standard InChI is InChI=1S/C14H24N4O2/c1-3-15-12(11-20-2)10-18-14(19)8-13(9-16-18)17-6-4-5-7-17/h8-9,12,15H,3-7,10-11H2,1-2H3. The summed E-state index contributed by atoms with van der Waals surface area (Å²) < 4.78 is 6.67. The summed E-state index contributed by atoms with van der Waals surface area (Å²) in [6, 6.07) is 1.79. The Morgan fingerprint density at radius 3 is 2.80 bits per heavy atom. The molecular weight excluding hydrogens is 256 g/mol. The number of likely N-dealkylation sites (N-methyl/N-ethyl adjacent to an activating group) is 1. The molecule has 2 rings (SSSR count). The van der Waals surface area contributed by atoms with Crippen molar-refractivity contribution in [1.29, 1.82) is 0 Å². The fourth-order valence-electron chi connectivity index (χ4n) is 2.58. The van der Waals surface area contributed by atoms with Crippen molar-refractivity contribution in [3.63, 3.8) is 0 Å². The Balaban J connectivity index is 2.06. The maximum Gasteiger partial charge on any atom is 0.268 e. The zero-order valence-electron chi connectivity index (χ0n) is 12.3. The van der Waals surface area contributed by atoms with Crippen molar-refractivity contribution in [3.05, 3.63) is 22.6 Å². The molecule has 1 saturated heterocycles. The van der Waals surface area contributed by atoms with Crippen molar-refractivity contribution < 1.29 is 4.74 Å². The number of methoxy groups -OCH3 is 1. The summed E-state index contributed by atoms with van der Waals surface area (Å²) in [7, 11) is 1.66. The van der Waals surface area contributed by atoms with Gasteiger partial charge in [-0.05, 0) is 19.4 Å². The monoisotopic (exact) mass is 280 g/mol. The van der Waals surface area contributed by atoms with Gasteiger partial charge in [-0.15, -0.1) is 0 Å². The van der Waals surface area contributed by atoms with Crippen molar-refractivity contribution in [2.24, 2.45) is 0 Å². The number of hydrogen-bond acceptors (Lipinski definition) is 5. The Labute approximate surface area is 119 Å². The van der Waals surface area contributed by atoms with Crippen molar-refractivity contribution in [3.8, 4) is 0 Å². The van der Waals surface area contributed by atoms with E-state index in [9.17, 15) is 4.79 Å². The van der Waals surface area contributed by atoms with E-state index >= 15 is 0 Å². The summed E-state index contributed by atoms with van der Waals surface area (Å²) in [5.74, 6) is 0. The summed E-state index contributed by atoms with van der Waals surface area (Å²) in [5, 5.41) is 7.59. The van der Waals surface area contributed by atoms with E-state index in [1.165, 1.54) is 17.5 Å². The Morgan fingerprint density at radius 2 is 2.20 bits per heavy atom. The minimum Gasteiger partial charge on any atom is -0.383 e. The molecule has 0 aromatic carbocycles. The molecule has 0 amide bonds. The quantitative estimate of drug-likeness (QED) is 0.786. The molecule has 2 heterocycles. The molecule has 1 aromatic heterocycles. The van der Waals surface area contributed by atoms with Crippen LogP contribution in [0.25, 0.3) is 0 Å². The van der Waals surface area contributed by atoms with Crippen LogP contribution in [0.2, 0.25) is 0 Å². The number of nitrogens with one attached hydrogen (secondary N) is 1. The van der Waals surface area contributed by atoms with Crippen LogP contribution in [-0.2, 0) is 11.3 Å². The molecule has 0 radical (unpaired) electrons. The second-order valence-corrected chi connectivity index (χ2v) is 5.14. The third-order valence-electron chi connectivity index (χ3n) is 3.58. The number of rotatable bonds is 7. The average molecular weight is 280 g/mol. The van der Waals surface area contributed by atoms with E-state index in [0.29, 0.717) is 13.2 Å². The van der Waals surface area contributed by atoms with E-state index < -0.39 is 0 Å². The van der Waals surface area contributed by atoms with Gasteiger partial charge in [0.2, 0.25) is 0 Å². The molecular formula is C14H24N4O2. The van der Waals surface area contributed by atoms with Gasteiger partial charge < -0.3 is 15.0 Å². The SMILES string of the molecule is CCNC(COC)Cn1ncc(N2CCCC2)cc1=O. The maximum atomic E-state index is 12.1. The second-order valence-electron chi connectivity index (χ2n) is 5.14. The van der Waals surface area contributed by atoms with Crippen LogP contribution < -0.4 is 15.8 Å². The van der Waals surface area contributed by atoms with E-state index in [0.717, 1.165) is 25.3 Å². The van der Waals surface area contributed by atoms with Crippen molar-refractivity contribution in [1.82, 2.24) is 15.1 Å². The lowest BCUT2D eigenvalue weighted by Gasteiger charge is -2.19. The molecule has 1 fully saturated rings. The number of nitrogens with zero attached hydrogens (tertiary/aromatic N) is 3. The highest BCUT2D eigenvalue weighted by molar-refractivity contribution is 5.43. The van der Waals surface area contributed by atoms with Crippen molar-refractivity contribution >= 4 is 5.69 Å². The van der Waals surface area contributed by atoms with E-state index in [1.54, 1.807) is 19.4 Å². The van der Waals surface area contributed by atoms with E-state index in [-0.39, 0.29) is 11.6 Å². The second kappa shape index (κ2) is 7.40. The topological polar surface area (TPSA) is 59.4 Å². The Bertz CT molecular complexity index is 462. The lowest BCUT2D eigenvalue weighted by Crippen LogP contribution is -2.40. The molecule has 0 spiro atoms. The highest BCUT2D eigenvalue weighted by Crippen LogP contribution is 2.16. The zero-order valence-corrected chi connectivity index (χ0v) is 12.3. The summed E-state index contributed by atoms with van der Waals surface area (Å²) in [4.78, 5) is 14.4. The van der Waals surface area contributed by atoms with Gasteiger partial charge in [-0.3, -0.25) is 4.79 Å². The van der Waals surface area contributed by atoms with E-state index in [1.807, 2.05) is 6.92 Å². The number of ether oxygens (including phenoxy) is 1. The van der Waals surface area contributed by atoms with Gasteiger partial charge in [0, 0.05) is 26.3 Å². The third kappa shape index (κ3) is 3.80. The first kappa shape index (κ1) is 15.0. The van der Waals surface area contributed by atoms with Crippen LogP contribution in [0.4, 0.5) is 5.69 Å². The Morgan fingerprint density at radius 1 is 1.45 bits per heavy atom. The van der Waals surface area contributed by atoms with E-state index in [4.69, 9.17) is 4.74 Å². The maximum absolute atomic E-state index is 12.1. The molecule has 1 aliphatic rings. The molecule has 0 saturated carbocycles. The molecule has 0 aliphatic carbocycles. The Kier molecular flexibility index (Phi) is 5.55. The summed E-state index contributed by atoms with van der Waals surface area (Å²) >= 11 is 0. The summed E-state index contributed by atoms with van der Waals surface area (Å²) in [5.41, 5.74) is 0.892. The van der Waals surface area contributed by atoms with Crippen LogP contribution in [0.15, 0.2) is 17.1 Å². The molecule has 1 atom stereocenters. The largest absolute Gasteiger partial charge is 0.383 e. The fraction of sp³-hybridized carbons (Fsp3) is 0.714. The molecule has 112 valence electrons. The summed E-state index contributed by atoms with van der Waals surface area (Å²) in [6.45, 7) is 6.02. The number of hydrogen-bond donors (Lipinski definition) is 1. The van der Waals surface area contributed by atoms with Gasteiger partial charge in [-0.2, -0.15) is 5.10 Å². The van der Waals surface area contributed by atoms with Crippen molar-refractivity contribution in [2.75, 3.05) is 38.3 Å². The lowest BCUT2D eigenvalue weighted by atomic mass is 10.3. The minimum absolute atomic E-state index is 0.0478. The van der Waals surface area contributed by atoms with E-state index in [2.05, 4.69) is 15.3 Å². The van der Waals surface area contributed by atoms with Crippen LogP contribution in [0.1, 0.15) is 19.8 Å². The molecule has 6 heteroatoms. The fourth-order valence-corrected chi connectivity index (χ4v) is 2.58. The molecule has 1 aliphatic heterocycles. The van der Waals surface area contributed by atoms with Gasteiger partial charge in [-0.1, -0.05) is 6.92 Å². The van der Waals surface area contributed by atoms with Gasteiger partial charge in [0.1, 0.15) is 0 Å². The molecule has 6 nitrogen and oxygen atoms in total. The number of aromatic nitrogens is 2. The third-order valence-corrected chi connectivity index (χ3v) is 3.58. The van der Waals surface area contributed by atoms with Gasteiger partial charge in [-0.25, -0.2) is 4.68 Å². The highest BCUT2D eigenvalue weighted by Gasteiger charge is 2.15. The predicted molar refractivity (Wildman–Crippen MR) is 79.3 cm³/mol. The Hall–Kier alpha value is -1.40. The first-order chi connectivity index (χ1) is 9.74. The zero-order chi connectivity index (χ0) is 14.4. The van der Waals surface area contributed by atoms with Gasteiger partial charge in [0.25, 0.3) is 5.56 Å². The lowest BCUT2D eigenvalue weighted by molar-refractivity contribution is 0.157. The summed E-state index contributed by atoms with van der Waals surface area (Å²) in [6.07, 6.45) is 4.18. The first-order valence-electron chi connectivity index (χ1n) is 7.29. The first-order valence-corrected chi connectivity index (χ1v) is 7.29. The van der Waals surface area contributed by atoms with Crippen LogP contribution in [0, 0.1) is 0 Å². The molecule has 20 heavy (non-hydrogen) atoms. The van der Waals surface area contributed by atoms with Crippen LogP contribution in [-0.4, -0.2) is 49.2 Å². The van der Waals surface area contributed by atoms with Crippen LogP contribution in [0.5, 0.6) is 0 Å². The van der Waals surface area contributed by atoms with Crippen molar-refractivity contribution in [2.45, 2.75) is 32.4 Å². The van der Waals surface area contributed by atoms with Crippen LogP contribution >= 0.6 is 0 Å². The molecule has 1 aromatic rings. The van der Waals surface area contributed by atoms with Gasteiger partial charge in [0.15, 0.2) is 0 Å². The smallest absolute Gasteiger partial charge is 0.268 e. The van der Waals surface area contributed by atoms with Crippen LogP contribution in [0.3, 0.4) is 0 Å². The molecule has 0 bridgehead atoms. The van der Waals surface area contributed by atoms with Gasteiger partial charge in [0.05, 0.1) is 31.1 Å². The van der Waals surface area contributed by atoms with Gasteiger partial charge >= 0.3 is 0 Å². The highest BCUT2D eigenvalue weighted by atomic mass is 16.5. The average Bonchev–Trinajstić information content (AvgIpc) is 2.95. The molecule has 1 unspecified atom stereocenters.